The van der Waals surface area contributed by atoms with Crippen molar-refractivity contribution < 1.29 is 22.7 Å². The largest absolute Gasteiger partial charge is 0.393 e. The summed E-state index contributed by atoms with van der Waals surface area (Å²) in [6.45, 7) is 0. The molecule has 2 saturated heterocycles. The van der Waals surface area contributed by atoms with Crippen LogP contribution in [0.25, 0.3) is 0 Å². The lowest BCUT2D eigenvalue weighted by Crippen LogP contribution is -2.47. The molecule has 0 bridgehead atoms. The van der Waals surface area contributed by atoms with Crippen LogP contribution in [-0.4, -0.2) is 31.9 Å². The third-order valence-electron chi connectivity index (χ3n) is 3.50. The van der Waals surface area contributed by atoms with E-state index in [4.69, 9.17) is 0 Å². The first-order valence-electron chi connectivity index (χ1n) is 4.45. The molecule has 1 saturated carbocycles. The zero-order valence-electron chi connectivity index (χ0n) is 7.17. The van der Waals surface area contributed by atoms with Gasteiger partial charge in [-0.3, -0.25) is 9.59 Å². The van der Waals surface area contributed by atoms with Gasteiger partial charge in [0.15, 0.2) is 9.84 Å². The predicted octanol–water partition coefficient (Wildman–Crippen LogP) is -1.02. The Bertz CT molecular complexity index is 403. The predicted molar refractivity (Wildman–Crippen MR) is 43.7 cm³/mol. The molecule has 0 unspecified atom stereocenters. The highest BCUT2D eigenvalue weighted by atomic mass is 32.2. The summed E-state index contributed by atoms with van der Waals surface area (Å²) in [5.74, 6) is -2.23. The van der Waals surface area contributed by atoms with Gasteiger partial charge in [-0.1, -0.05) is 0 Å². The lowest BCUT2D eigenvalue weighted by Gasteiger charge is -2.38. The third-order valence-corrected chi connectivity index (χ3v) is 5.28. The second-order valence-corrected chi connectivity index (χ2v) is 6.35. The Labute approximate surface area is 80.3 Å². The van der Waals surface area contributed by atoms with Crippen LogP contribution >= 0.6 is 0 Å². The second-order valence-electron chi connectivity index (χ2n) is 4.20. The van der Waals surface area contributed by atoms with E-state index in [0.717, 1.165) is 0 Å². The molecule has 2 heterocycles. The van der Waals surface area contributed by atoms with Crippen molar-refractivity contribution in [3.63, 3.8) is 0 Å². The summed E-state index contributed by atoms with van der Waals surface area (Å²) in [6, 6.07) is 0. The van der Waals surface area contributed by atoms with Gasteiger partial charge in [-0.15, -0.1) is 0 Å². The van der Waals surface area contributed by atoms with Crippen LogP contribution in [0.15, 0.2) is 0 Å². The quantitative estimate of drug-likeness (QED) is 0.382. The summed E-state index contributed by atoms with van der Waals surface area (Å²) in [5.41, 5.74) is 0. The Morgan fingerprint density at radius 1 is 1.00 bits per heavy atom. The molecule has 0 spiro atoms. The van der Waals surface area contributed by atoms with Crippen LogP contribution in [-0.2, 0) is 24.2 Å². The summed E-state index contributed by atoms with van der Waals surface area (Å²) in [7, 11) is -3.03. The van der Waals surface area contributed by atoms with Gasteiger partial charge in [-0.2, -0.15) is 0 Å². The maximum atomic E-state index is 11.3. The number of hydrogen-bond donors (Lipinski definition) is 0. The summed E-state index contributed by atoms with van der Waals surface area (Å²) in [4.78, 5) is 22.3. The SMILES string of the molecule is O=C1OC(=O)[C@@H]2[C@H]3CS(=O)(=O)C[C@@H]3[C@@H]12. The Balaban J connectivity index is 1.98. The lowest BCUT2D eigenvalue weighted by atomic mass is 9.59. The molecule has 0 N–H and O–H groups in total. The molecule has 2 aliphatic heterocycles. The maximum Gasteiger partial charge on any atom is 0.317 e. The highest BCUT2D eigenvalue weighted by Crippen LogP contribution is 2.55. The molecule has 0 radical (unpaired) electrons. The molecule has 5 nitrogen and oxygen atoms in total. The molecule has 14 heavy (non-hydrogen) atoms. The maximum absolute atomic E-state index is 11.3. The zero-order chi connectivity index (χ0) is 10.1. The minimum Gasteiger partial charge on any atom is -0.393 e. The molecule has 3 fully saturated rings. The van der Waals surface area contributed by atoms with E-state index in [1.54, 1.807) is 0 Å². The molecule has 0 aromatic rings. The summed E-state index contributed by atoms with van der Waals surface area (Å²) < 4.78 is 27.0. The van der Waals surface area contributed by atoms with Gasteiger partial charge in [0.1, 0.15) is 0 Å². The fourth-order valence-electron chi connectivity index (χ4n) is 2.91. The second kappa shape index (κ2) is 2.18. The molecule has 4 atom stereocenters. The van der Waals surface area contributed by atoms with E-state index in [-0.39, 0.29) is 23.3 Å². The van der Waals surface area contributed by atoms with Crippen molar-refractivity contribution in [3.8, 4) is 0 Å². The van der Waals surface area contributed by atoms with Gasteiger partial charge in [-0.25, -0.2) is 8.42 Å². The Kier molecular flexibility index (Phi) is 1.31. The van der Waals surface area contributed by atoms with Crippen LogP contribution in [0.2, 0.25) is 0 Å². The minimum atomic E-state index is -3.03. The number of esters is 2. The highest BCUT2D eigenvalue weighted by molar-refractivity contribution is 7.91. The van der Waals surface area contributed by atoms with E-state index in [1.807, 2.05) is 0 Å². The van der Waals surface area contributed by atoms with Crippen LogP contribution in [0.1, 0.15) is 0 Å². The van der Waals surface area contributed by atoms with Crippen molar-refractivity contribution in [3.05, 3.63) is 0 Å². The zero-order valence-corrected chi connectivity index (χ0v) is 7.99. The number of hydrogen-bond acceptors (Lipinski definition) is 5. The van der Waals surface area contributed by atoms with E-state index in [0.29, 0.717) is 0 Å². The number of carbonyl (C=O) groups excluding carboxylic acids is 2. The molecular weight excluding hydrogens is 208 g/mol. The third kappa shape index (κ3) is 0.821. The van der Waals surface area contributed by atoms with Gasteiger partial charge < -0.3 is 4.74 Å². The van der Waals surface area contributed by atoms with Crippen molar-refractivity contribution >= 4 is 21.8 Å². The molecule has 0 aromatic heterocycles. The van der Waals surface area contributed by atoms with Crippen LogP contribution in [0.4, 0.5) is 0 Å². The van der Waals surface area contributed by atoms with Crippen LogP contribution < -0.4 is 0 Å². The summed E-state index contributed by atoms with van der Waals surface area (Å²) in [5, 5.41) is 0. The first-order chi connectivity index (χ1) is 6.49. The van der Waals surface area contributed by atoms with E-state index >= 15 is 0 Å². The molecule has 0 amide bonds. The van der Waals surface area contributed by atoms with Gasteiger partial charge in [0.25, 0.3) is 0 Å². The fourth-order valence-corrected chi connectivity index (χ4v) is 5.12. The standard InChI is InChI=1S/C8H8O5S/c9-7-5-3-1-14(11,12)2-4(3)6(5)8(10)13-7/h3-6H,1-2H2/t3-,4-,5+,6+/m0/s1. The van der Waals surface area contributed by atoms with Crippen molar-refractivity contribution in [2.24, 2.45) is 23.7 Å². The van der Waals surface area contributed by atoms with Gasteiger partial charge in [0, 0.05) is 0 Å². The van der Waals surface area contributed by atoms with Crippen LogP contribution in [0.5, 0.6) is 0 Å². The molecule has 1 aliphatic carbocycles. The Morgan fingerprint density at radius 2 is 1.43 bits per heavy atom. The van der Waals surface area contributed by atoms with Crippen molar-refractivity contribution in [1.29, 1.82) is 0 Å². The van der Waals surface area contributed by atoms with Gasteiger partial charge in [0.05, 0.1) is 23.3 Å². The molecule has 6 heteroatoms. The first-order valence-corrected chi connectivity index (χ1v) is 6.28. The molecular formula is C8H8O5S. The van der Waals surface area contributed by atoms with E-state index in [1.165, 1.54) is 0 Å². The normalized spacial score (nSPS) is 48.0. The van der Waals surface area contributed by atoms with Gasteiger partial charge in [-0.05, 0) is 11.8 Å². The summed E-state index contributed by atoms with van der Waals surface area (Å²) in [6.07, 6.45) is 0. The smallest absolute Gasteiger partial charge is 0.317 e. The number of fused-ring (bicyclic) bond motifs is 4. The molecule has 76 valence electrons. The minimum absolute atomic E-state index is 0.0429. The van der Waals surface area contributed by atoms with Crippen molar-refractivity contribution in [2.45, 2.75) is 0 Å². The number of ether oxygens (including phenoxy) is 1. The Hall–Kier alpha value is -0.910. The molecule has 3 rings (SSSR count). The topological polar surface area (TPSA) is 77.5 Å². The lowest BCUT2D eigenvalue weighted by molar-refractivity contribution is -0.153. The van der Waals surface area contributed by atoms with E-state index in [2.05, 4.69) is 4.74 Å². The number of cyclic esters (lactones) is 2. The van der Waals surface area contributed by atoms with E-state index in [9.17, 15) is 18.0 Å². The number of sulfone groups is 1. The van der Waals surface area contributed by atoms with Crippen molar-refractivity contribution in [2.75, 3.05) is 11.5 Å². The van der Waals surface area contributed by atoms with Crippen LogP contribution in [0, 0.1) is 23.7 Å². The summed E-state index contributed by atoms with van der Waals surface area (Å²) >= 11 is 0. The molecule has 0 aromatic carbocycles. The monoisotopic (exact) mass is 216 g/mol. The average Bonchev–Trinajstić information content (AvgIpc) is 2.42. The highest BCUT2D eigenvalue weighted by Gasteiger charge is 2.67. The molecule has 3 aliphatic rings. The number of carbonyl (C=O) groups is 2. The first kappa shape index (κ1) is 8.40. The Morgan fingerprint density at radius 3 is 1.86 bits per heavy atom. The van der Waals surface area contributed by atoms with Gasteiger partial charge >= 0.3 is 11.9 Å². The van der Waals surface area contributed by atoms with Crippen molar-refractivity contribution in [1.82, 2.24) is 0 Å². The van der Waals surface area contributed by atoms with E-state index < -0.39 is 33.6 Å². The van der Waals surface area contributed by atoms with Crippen LogP contribution in [0.3, 0.4) is 0 Å². The average molecular weight is 216 g/mol. The number of rotatable bonds is 0. The fraction of sp³-hybridized carbons (Fsp3) is 0.750. The van der Waals surface area contributed by atoms with Gasteiger partial charge in [0.2, 0.25) is 0 Å².